The highest BCUT2D eigenvalue weighted by atomic mass is 16.5. The molecule has 0 atom stereocenters. The number of Topliss-reactive ketones (excluding diaryl/α,β-unsaturated/α-hetero) is 1. The highest BCUT2D eigenvalue weighted by Crippen LogP contribution is 2.15. The first kappa shape index (κ1) is 11.9. The van der Waals surface area contributed by atoms with Crippen LogP contribution in [0.4, 0.5) is 0 Å². The highest BCUT2D eigenvalue weighted by Gasteiger charge is 2.09. The number of hydrogen-bond acceptors (Lipinski definition) is 2. The Hall–Kier alpha value is -1.15. The third kappa shape index (κ3) is 3.17. The molecule has 0 aliphatic heterocycles. The molecule has 0 aliphatic carbocycles. The van der Waals surface area contributed by atoms with E-state index < -0.39 is 0 Å². The van der Waals surface area contributed by atoms with E-state index in [1.807, 2.05) is 32.0 Å². The maximum absolute atomic E-state index is 11.8. The molecule has 0 heterocycles. The van der Waals surface area contributed by atoms with Gasteiger partial charge >= 0.3 is 0 Å². The molecule has 0 unspecified atom stereocenters. The van der Waals surface area contributed by atoms with Crippen LogP contribution in [0.3, 0.4) is 0 Å². The summed E-state index contributed by atoms with van der Waals surface area (Å²) in [5.41, 5.74) is 3.12. The van der Waals surface area contributed by atoms with Crippen molar-refractivity contribution in [1.82, 2.24) is 0 Å². The molecule has 0 spiro atoms. The first-order valence-corrected chi connectivity index (χ1v) is 5.25. The Morgan fingerprint density at radius 2 is 2.07 bits per heavy atom. The number of benzene rings is 1. The van der Waals surface area contributed by atoms with Crippen molar-refractivity contribution in [2.24, 2.45) is 0 Å². The van der Waals surface area contributed by atoms with Crippen LogP contribution in [-0.2, 0) is 4.74 Å². The van der Waals surface area contributed by atoms with Crippen molar-refractivity contribution in [3.63, 3.8) is 0 Å². The molecular weight excluding hydrogens is 188 g/mol. The quantitative estimate of drug-likeness (QED) is 0.547. The Labute approximate surface area is 91.3 Å². The average molecular weight is 206 g/mol. The van der Waals surface area contributed by atoms with E-state index in [-0.39, 0.29) is 5.78 Å². The van der Waals surface area contributed by atoms with Gasteiger partial charge in [-0.05, 0) is 31.4 Å². The predicted molar refractivity (Wildman–Crippen MR) is 61.4 cm³/mol. The topological polar surface area (TPSA) is 26.3 Å². The molecule has 0 amide bonds. The number of rotatable bonds is 5. The largest absolute Gasteiger partial charge is 0.385 e. The van der Waals surface area contributed by atoms with Crippen LogP contribution in [0.2, 0.25) is 0 Å². The Balaban J connectivity index is 2.69. The van der Waals surface area contributed by atoms with E-state index in [1.54, 1.807) is 7.11 Å². The van der Waals surface area contributed by atoms with Crippen molar-refractivity contribution in [3.8, 4) is 0 Å². The molecule has 0 fully saturated rings. The summed E-state index contributed by atoms with van der Waals surface area (Å²) in [6.45, 7) is 4.68. The zero-order valence-corrected chi connectivity index (χ0v) is 9.67. The van der Waals surface area contributed by atoms with E-state index in [4.69, 9.17) is 4.74 Å². The Morgan fingerprint density at radius 3 is 2.73 bits per heavy atom. The Morgan fingerprint density at radius 1 is 1.33 bits per heavy atom. The van der Waals surface area contributed by atoms with E-state index in [0.29, 0.717) is 13.0 Å². The molecule has 0 saturated heterocycles. The molecule has 2 heteroatoms. The van der Waals surface area contributed by atoms with Gasteiger partial charge in [0.15, 0.2) is 5.78 Å². The molecule has 1 rings (SSSR count). The second-order valence-electron chi connectivity index (χ2n) is 3.77. The fourth-order valence-electron chi connectivity index (χ4n) is 1.56. The fraction of sp³-hybridized carbons (Fsp3) is 0.462. The number of carbonyl (C=O) groups excluding carboxylic acids is 1. The van der Waals surface area contributed by atoms with Crippen LogP contribution < -0.4 is 0 Å². The number of carbonyl (C=O) groups is 1. The molecule has 0 aliphatic rings. The standard InChI is InChI=1S/C13H18O2/c1-10-6-4-7-12(11(10)2)13(14)8-5-9-15-3/h4,6-7H,5,8-9H2,1-3H3. The van der Waals surface area contributed by atoms with E-state index in [0.717, 1.165) is 17.5 Å². The van der Waals surface area contributed by atoms with Crippen LogP contribution >= 0.6 is 0 Å². The van der Waals surface area contributed by atoms with Gasteiger partial charge in [-0.1, -0.05) is 18.2 Å². The predicted octanol–water partition coefficient (Wildman–Crippen LogP) is 2.91. The molecule has 0 aromatic heterocycles. The summed E-state index contributed by atoms with van der Waals surface area (Å²) in [5.74, 6) is 0.216. The van der Waals surface area contributed by atoms with Crippen molar-refractivity contribution in [2.75, 3.05) is 13.7 Å². The molecule has 1 aromatic rings. The molecule has 15 heavy (non-hydrogen) atoms. The van der Waals surface area contributed by atoms with Gasteiger partial charge in [0.05, 0.1) is 0 Å². The summed E-state index contributed by atoms with van der Waals surface area (Å²) >= 11 is 0. The van der Waals surface area contributed by atoms with Crippen molar-refractivity contribution in [3.05, 3.63) is 34.9 Å². The van der Waals surface area contributed by atoms with E-state index in [1.165, 1.54) is 5.56 Å². The first-order valence-electron chi connectivity index (χ1n) is 5.25. The lowest BCUT2D eigenvalue weighted by Crippen LogP contribution is -2.04. The molecule has 2 nitrogen and oxygen atoms in total. The lowest BCUT2D eigenvalue weighted by Gasteiger charge is -2.07. The summed E-state index contributed by atoms with van der Waals surface area (Å²) in [4.78, 5) is 11.8. The SMILES string of the molecule is COCCCC(=O)c1cccc(C)c1C. The van der Waals surface area contributed by atoms with E-state index in [2.05, 4.69) is 0 Å². The van der Waals surface area contributed by atoms with Gasteiger partial charge in [0.25, 0.3) is 0 Å². The van der Waals surface area contributed by atoms with E-state index >= 15 is 0 Å². The first-order chi connectivity index (χ1) is 7.16. The Bertz CT molecular complexity index is 342. The minimum absolute atomic E-state index is 0.216. The zero-order chi connectivity index (χ0) is 11.3. The lowest BCUT2D eigenvalue weighted by atomic mass is 9.98. The molecule has 0 radical (unpaired) electrons. The second kappa shape index (κ2) is 5.66. The van der Waals surface area contributed by atoms with Gasteiger partial charge in [-0.25, -0.2) is 0 Å². The van der Waals surface area contributed by atoms with Gasteiger partial charge in [-0.3, -0.25) is 4.79 Å². The minimum Gasteiger partial charge on any atom is -0.385 e. The summed E-state index contributed by atoms with van der Waals surface area (Å²) in [5, 5.41) is 0. The van der Waals surface area contributed by atoms with Crippen LogP contribution in [0.5, 0.6) is 0 Å². The molecule has 1 aromatic carbocycles. The zero-order valence-electron chi connectivity index (χ0n) is 9.67. The van der Waals surface area contributed by atoms with Crippen LogP contribution in [0.15, 0.2) is 18.2 Å². The molecular formula is C13H18O2. The lowest BCUT2D eigenvalue weighted by molar-refractivity contribution is 0.0962. The summed E-state index contributed by atoms with van der Waals surface area (Å²) in [6, 6.07) is 5.87. The highest BCUT2D eigenvalue weighted by molar-refractivity contribution is 5.97. The number of hydrogen-bond donors (Lipinski definition) is 0. The van der Waals surface area contributed by atoms with Crippen LogP contribution in [0, 0.1) is 13.8 Å². The maximum Gasteiger partial charge on any atom is 0.163 e. The Kier molecular flexibility index (Phi) is 4.50. The van der Waals surface area contributed by atoms with Crippen molar-refractivity contribution in [2.45, 2.75) is 26.7 Å². The van der Waals surface area contributed by atoms with Gasteiger partial charge in [0.1, 0.15) is 0 Å². The minimum atomic E-state index is 0.216. The summed E-state index contributed by atoms with van der Waals surface area (Å²) in [7, 11) is 1.66. The van der Waals surface area contributed by atoms with Gasteiger partial charge in [-0.2, -0.15) is 0 Å². The van der Waals surface area contributed by atoms with Gasteiger partial charge in [0, 0.05) is 25.7 Å². The van der Waals surface area contributed by atoms with E-state index in [9.17, 15) is 4.79 Å². The van der Waals surface area contributed by atoms with Gasteiger partial charge in [-0.15, -0.1) is 0 Å². The maximum atomic E-state index is 11.8. The fourth-order valence-corrected chi connectivity index (χ4v) is 1.56. The third-order valence-corrected chi connectivity index (χ3v) is 2.66. The van der Waals surface area contributed by atoms with Crippen LogP contribution in [0.25, 0.3) is 0 Å². The summed E-state index contributed by atoms with van der Waals surface area (Å²) in [6.07, 6.45) is 1.36. The van der Waals surface area contributed by atoms with Crippen LogP contribution in [-0.4, -0.2) is 19.5 Å². The van der Waals surface area contributed by atoms with Crippen molar-refractivity contribution in [1.29, 1.82) is 0 Å². The molecule has 82 valence electrons. The number of aryl methyl sites for hydroxylation is 1. The van der Waals surface area contributed by atoms with Gasteiger partial charge in [0.2, 0.25) is 0 Å². The second-order valence-corrected chi connectivity index (χ2v) is 3.77. The van der Waals surface area contributed by atoms with Crippen molar-refractivity contribution >= 4 is 5.78 Å². The third-order valence-electron chi connectivity index (χ3n) is 2.66. The normalized spacial score (nSPS) is 10.3. The van der Waals surface area contributed by atoms with Gasteiger partial charge < -0.3 is 4.74 Å². The monoisotopic (exact) mass is 206 g/mol. The number of ether oxygens (including phenoxy) is 1. The molecule has 0 N–H and O–H groups in total. The summed E-state index contributed by atoms with van der Waals surface area (Å²) < 4.78 is 4.93. The molecule has 0 bridgehead atoms. The number of methoxy groups -OCH3 is 1. The molecule has 0 saturated carbocycles. The average Bonchev–Trinajstić information content (AvgIpc) is 2.22. The van der Waals surface area contributed by atoms with Crippen molar-refractivity contribution < 1.29 is 9.53 Å². The van der Waals surface area contributed by atoms with Crippen LogP contribution in [0.1, 0.15) is 34.3 Å². The smallest absolute Gasteiger partial charge is 0.163 e. The number of ketones is 1.